The molecule has 0 saturated carbocycles. The molecule has 0 spiro atoms. The Labute approximate surface area is 770 Å². The maximum Gasteiger partial charge on any atom is 0.305 e. The Kier molecular flexibility index (Phi) is 36.8. The number of benzene rings is 6. The quantitative estimate of drug-likeness (QED) is 0.0463. The molecule has 15 amide bonds. The zero-order valence-electron chi connectivity index (χ0n) is 75.2. The van der Waals surface area contributed by atoms with Crippen LogP contribution in [-0.4, -0.2) is 270 Å². The van der Waals surface area contributed by atoms with Gasteiger partial charge in [-0.15, -0.1) is 11.8 Å². The molecule has 0 bridgehead atoms. The molecule has 7 aromatic rings. The van der Waals surface area contributed by atoms with Gasteiger partial charge in [0.05, 0.1) is 18.7 Å². The molecule has 3 fully saturated rings. The molecule has 13 atom stereocenters. The van der Waals surface area contributed by atoms with E-state index < -0.39 is 192 Å². The summed E-state index contributed by atoms with van der Waals surface area (Å²) in [6.45, 7) is 5.92. The highest BCUT2D eigenvalue weighted by Gasteiger charge is 2.46. The lowest BCUT2D eigenvalue weighted by molar-refractivity contribution is -0.152. The summed E-state index contributed by atoms with van der Waals surface area (Å²) in [7, 11) is 4.08. The normalized spacial score (nSPS) is 23.7. The SMILES string of the molecule is CCCC[C@H]1C(=O)N2CCC[C@@H]2C(=O)N[C@@H](CC(=O)O)C(=O)N[C@@H](C)C(=O)N(C)[C@@H](Cc2ccccc2)C(=O)N[C@@H](Cc2ccc(O)cc2)C(=O)N2CCCC[C@@H]2C(=O)N[C@@H](Cc2c[nH]c3ccccc23)C(=O)N[C@@H](Cc2ccc(O)cc2)C(=O)N[C@@H](CC(C)C)C(=O)N[C@H](C(=O)NCC(N)=O)CSCC(=O)N[C@@H](Cc2ccccc2)C(=O)N(C)[C@@H](Cc2ccccc2)C(=O)N1C. The number of primary amides is 1. The number of carbonyl (C=O) groups excluding carboxylic acids is 15. The molecule has 6 aromatic carbocycles. The standard InChI is InChI=1S/C96H120N16O19S/c1-8-9-32-78-96(131)112-44-23-34-77(112)90(125)105-72(52-83(117)118)85(120)100-58(4)92(127)109(6)79(49-60-26-15-11-16-27-60)91(126)106-74(48-63-37-41-66(114)42-38-63)94(129)111-43-22-21-33-76(111)89(124)104-71(51-64-53-98-68-31-20-19-30-67(64)68)88(123)103-70(46-62-35-39-65(113)40-36-62)87(122)102-69(45-57(2)3)86(121)107-75(84(119)99-54-81(97)115)55-132-56-82(116)101-73(47-59-24-13-10-14-25-59)93(128)110(7)80(95(130)108(78)5)50-61-28-17-12-18-29-61/h10-20,24-31,35-42,53,57-58,69-80,98,113-114H,8-9,21-23,32-34,43-52,54-56H2,1-7H3,(H2,97,115)(H,99,119)(H,100,120)(H,101,116)(H,102,122)(H,103,123)(H,104,124)(H,105,125)(H,106,126)(H,107,121)(H,117,118)/t58-,69-,70-,71-,72-,73-,74-,75-,76+,77+,78-,79-,80-/m0/s1. The lowest BCUT2D eigenvalue weighted by Crippen LogP contribution is -2.62. The first kappa shape index (κ1) is 100. The monoisotopic (exact) mass is 1830 g/mol. The number of fused-ring (bicyclic) bond motifs is 3. The number of H-pyrrole nitrogens is 1. The summed E-state index contributed by atoms with van der Waals surface area (Å²) in [5.41, 5.74) is 9.26. The summed E-state index contributed by atoms with van der Waals surface area (Å²) < 4.78 is 0. The van der Waals surface area contributed by atoms with Crippen molar-refractivity contribution in [3.05, 3.63) is 203 Å². The Bertz CT molecular complexity index is 5220. The summed E-state index contributed by atoms with van der Waals surface area (Å²) in [6.07, 6.45) is 1.38. The number of aromatic hydroxyl groups is 2. The van der Waals surface area contributed by atoms with Gasteiger partial charge >= 0.3 is 5.97 Å². The summed E-state index contributed by atoms with van der Waals surface area (Å²) in [5, 5.41) is 56.3. The number of carboxylic acid groups (broad SMARTS) is 1. The molecule has 1 aromatic heterocycles. The van der Waals surface area contributed by atoms with E-state index in [2.05, 4.69) is 52.8 Å². The fourth-order valence-corrected chi connectivity index (χ4v) is 17.6. The molecular weight excluding hydrogens is 1710 g/mol. The number of para-hydroxylation sites is 1. The molecule has 0 radical (unpaired) electrons. The predicted molar refractivity (Wildman–Crippen MR) is 492 cm³/mol. The number of aromatic amines is 1. The molecule has 10 rings (SSSR count). The Morgan fingerprint density at radius 3 is 1.51 bits per heavy atom. The first-order valence-electron chi connectivity index (χ1n) is 44.6. The van der Waals surface area contributed by atoms with Crippen molar-refractivity contribution in [2.24, 2.45) is 11.7 Å². The van der Waals surface area contributed by atoms with Gasteiger partial charge in [-0.1, -0.05) is 167 Å². The van der Waals surface area contributed by atoms with Crippen molar-refractivity contribution in [1.82, 2.24) is 77.3 Å². The average Bonchev–Trinajstić information content (AvgIpc) is 1.45. The number of nitrogens with one attached hydrogen (secondary N) is 10. The zero-order chi connectivity index (χ0) is 95.4. The fraction of sp³-hybridized carbons (Fsp3) is 0.438. The van der Waals surface area contributed by atoms with Gasteiger partial charge in [0, 0.05) is 95.6 Å². The number of rotatable bonds is 22. The van der Waals surface area contributed by atoms with Crippen LogP contribution in [-0.2, 0) is 115 Å². The Hall–Kier alpha value is -13.7. The highest BCUT2D eigenvalue weighted by atomic mass is 32.2. The molecule has 4 heterocycles. The van der Waals surface area contributed by atoms with Crippen LogP contribution < -0.4 is 53.6 Å². The number of thioether (sulfide) groups is 1. The van der Waals surface area contributed by atoms with E-state index >= 15 is 47.9 Å². The molecule has 0 aliphatic carbocycles. The van der Waals surface area contributed by atoms with Crippen LogP contribution in [0, 0.1) is 5.92 Å². The molecule has 3 aliphatic rings. The van der Waals surface area contributed by atoms with Gasteiger partial charge in [0.15, 0.2) is 0 Å². The summed E-state index contributed by atoms with van der Waals surface area (Å²) in [4.78, 5) is 247. The Morgan fingerprint density at radius 1 is 0.470 bits per heavy atom. The minimum absolute atomic E-state index is 0.0178. The van der Waals surface area contributed by atoms with E-state index in [4.69, 9.17) is 5.73 Å². The number of phenols is 2. The van der Waals surface area contributed by atoms with Gasteiger partial charge in [0.25, 0.3) is 0 Å². The van der Waals surface area contributed by atoms with Crippen LogP contribution in [0.25, 0.3) is 10.9 Å². The van der Waals surface area contributed by atoms with Crippen LogP contribution in [0.5, 0.6) is 11.5 Å². The third-order valence-corrected chi connectivity index (χ3v) is 25.0. The predicted octanol–water partition coefficient (Wildman–Crippen LogP) is 3.15. The number of phenolic OH excluding ortho intramolecular Hbond substituents is 2. The number of hydrogen-bond donors (Lipinski definition) is 14. The number of likely N-dealkylation sites (N-methyl/N-ethyl adjacent to an activating group) is 3. The summed E-state index contributed by atoms with van der Waals surface area (Å²) in [5.74, 6) is -16.0. The second-order valence-corrected chi connectivity index (χ2v) is 35.3. The average molecular weight is 1830 g/mol. The van der Waals surface area contributed by atoms with Gasteiger partial charge in [-0.3, -0.25) is 76.7 Å². The number of hydrogen-bond acceptors (Lipinski definition) is 19. The molecule has 36 heteroatoms. The van der Waals surface area contributed by atoms with Crippen LogP contribution in [0.4, 0.5) is 0 Å². The molecule has 3 aliphatic heterocycles. The van der Waals surface area contributed by atoms with Crippen molar-refractivity contribution in [3.63, 3.8) is 0 Å². The minimum atomic E-state index is -1.88. The first-order chi connectivity index (χ1) is 63.1. The molecule has 704 valence electrons. The van der Waals surface area contributed by atoms with Crippen molar-refractivity contribution in [1.29, 1.82) is 0 Å². The maximum absolute atomic E-state index is 15.9. The molecule has 35 nitrogen and oxygen atoms in total. The van der Waals surface area contributed by atoms with Crippen molar-refractivity contribution < 1.29 is 92.0 Å². The molecule has 132 heavy (non-hydrogen) atoms. The van der Waals surface area contributed by atoms with Crippen LogP contribution in [0.3, 0.4) is 0 Å². The number of aromatic nitrogens is 1. The smallest absolute Gasteiger partial charge is 0.305 e. The number of amides is 15. The molecular formula is C96H120N16O19S. The molecule has 3 saturated heterocycles. The second kappa shape index (κ2) is 48.3. The third kappa shape index (κ3) is 28.2. The van der Waals surface area contributed by atoms with Gasteiger partial charge in [0.2, 0.25) is 88.6 Å². The largest absolute Gasteiger partial charge is 0.508 e. The lowest BCUT2D eigenvalue weighted by Gasteiger charge is -2.38. The topological polar surface area (TPSA) is 500 Å². The van der Waals surface area contributed by atoms with Gasteiger partial charge in [-0.25, -0.2) is 0 Å². The van der Waals surface area contributed by atoms with Crippen LogP contribution in [0.15, 0.2) is 170 Å². The minimum Gasteiger partial charge on any atom is -0.508 e. The van der Waals surface area contributed by atoms with Crippen molar-refractivity contribution in [3.8, 4) is 11.5 Å². The van der Waals surface area contributed by atoms with Gasteiger partial charge in [0.1, 0.15) is 90.0 Å². The van der Waals surface area contributed by atoms with Crippen LogP contribution in [0.2, 0.25) is 0 Å². The van der Waals surface area contributed by atoms with Gasteiger partial charge in [-0.05, 0) is 121 Å². The number of nitrogens with two attached hydrogens (primary N) is 1. The van der Waals surface area contributed by atoms with E-state index in [1.54, 1.807) is 135 Å². The number of carboxylic acids is 1. The number of carbonyl (C=O) groups is 16. The lowest BCUT2D eigenvalue weighted by atomic mass is 9.96. The number of aliphatic carboxylic acids is 1. The summed E-state index contributed by atoms with van der Waals surface area (Å²) >= 11 is 0.840. The third-order valence-electron chi connectivity index (χ3n) is 23.9. The van der Waals surface area contributed by atoms with E-state index in [-0.39, 0.29) is 107 Å². The van der Waals surface area contributed by atoms with E-state index in [0.29, 0.717) is 70.0 Å². The Balaban J connectivity index is 1.04. The van der Waals surface area contributed by atoms with Crippen molar-refractivity contribution >= 4 is 117 Å². The first-order valence-corrected chi connectivity index (χ1v) is 45.7. The number of unbranched alkanes of at least 4 members (excludes halogenated alkanes) is 1. The Morgan fingerprint density at radius 2 is 0.932 bits per heavy atom. The zero-order valence-corrected chi connectivity index (χ0v) is 76.0. The van der Waals surface area contributed by atoms with Gasteiger partial charge in [-0.2, -0.15) is 0 Å². The highest BCUT2D eigenvalue weighted by molar-refractivity contribution is 8.00. The second-order valence-electron chi connectivity index (χ2n) is 34.3. The van der Waals surface area contributed by atoms with Crippen molar-refractivity contribution in [2.45, 2.75) is 209 Å². The van der Waals surface area contributed by atoms with Gasteiger partial charge < -0.3 is 98.4 Å². The number of piperidine rings is 1. The highest BCUT2D eigenvalue weighted by Crippen LogP contribution is 2.28. The molecule has 15 N–H and O–H groups in total. The van der Waals surface area contributed by atoms with E-state index in [9.17, 15) is 44.1 Å². The van der Waals surface area contributed by atoms with E-state index in [1.165, 1.54) is 96.2 Å². The van der Waals surface area contributed by atoms with Crippen LogP contribution >= 0.6 is 11.8 Å². The number of nitrogens with zero attached hydrogens (tertiary/aromatic N) is 5. The molecule has 0 unspecified atom stereocenters. The van der Waals surface area contributed by atoms with E-state index in [0.717, 1.165) is 16.7 Å². The maximum atomic E-state index is 15.9. The van der Waals surface area contributed by atoms with Crippen molar-refractivity contribution in [2.75, 3.05) is 52.3 Å². The fourth-order valence-electron chi connectivity index (χ4n) is 16.8. The van der Waals surface area contributed by atoms with Crippen LogP contribution in [0.1, 0.15) is 125 Å². The van der Waals surface area contributed by atoms with E-state index in [1.807, 2.05) is 6.92 Å². The summed E-state index contributed by atoms with van der Waals surface area (Å²) in [6, 6.07) is 25.2.